The number of nitrogens with one attached hydrogen (secondary N) is 1. The van der Waals surface area contributed by atoms with E-state index in [1.807, 2.05) is 6.07 Å². The van der Waals surface area contributed by atoms with Gasteiger partial charge in [0.05, 0.1) is 17.0 Å². The number of aromatic nitrogens is 3. The second-order valence-corrected chi connectivity index (χ2v) is 10.3. The van der Waals surface area contributed by atoms with Crippen LogP contribution in [-0.4, -0.2) is 63.6 Å². The van der Waals surface area contributed by atoms with E-state index in [1.165, 1.54) is 14.9 Å². The van der Waals surface area contributed by atoms with Gasteiger partial charge in [-0.3, -0.25) is 14.8 Å². The molecule has 0 radical (unpaired) electrons. The van der Waals surface area contributed by atoms with Crippen molar-refractivity contribution in [3.63, 3.8) is 0 Å². The number of H-pyrrole nitrogens is 1. The molecule has 4 heterocycles. The molecule has 1 saturated heterocycles. The van der Waals surface area contributed by atoms with Gasteiger partial charge in [-0.05, 0) is 26.7 Å². The fraction of sp³-hybridized carbons (Fsp3) is 0.600. The van der Waals surface area contributed by atoms with E-state index in [-0.39, 0.29) is 17.2 Å². The third-order valence-electron chi connectivity index (χ3n) is 6.09. The molecule has 29 heavy (non-hydrogen) atoms. The monoisotopic (exact) mass is 419 g/mol. The molecule has 9 heteroatoms. The summed E-state index contributed by atoms with van der Waals surface area (Å²) < 4.78 is 27.9. The van der Waals surface area contributed by atoms with Crippen LogP contribution in [0.15, 0.2) is 23.5 Å². The fourth-order valence-corrected chi connectivity index (χ4v) is 5.70. The van der Waals surface area contributed by atoms with Gasteiger partial charge in [-0.25, -0.2) is 22.2 Å². The molecule has 2 aromatic heterocycles. The molecular formula is C20H29N5O3S. The smallest absolute Gasteiger partial charge is 0.277 e. The Labute approximate surface area is 171 Å². The van der Waals surface area contributed by atoms with Gasteiger partial charge in [0, 0.05) is 56.3 Å². The van der Waals surface area contributed by atoms with E-state index in [4.69, 9.17) is 4.98 Å². The second kappa shape index (κ2) is 7.70. The lowest BCUT2D eigenvalue weighted by atomic mass is 9.96. The summed E-state index contributed by atoms with van der Waals surface area (Å²) in [7, 11) is -3.33. The fourth-order valence-electron chi connectivity index (χ4n) is 4.37. The molecule has 1 N–H and O–H groups in total. The summed E-state index contributed by atoms with van der Waals surface area (Å²) in [6, 6.07) is 2.29. The van der Waals surface area contributed by atoms with Gasteiger partial charge in [-0.1, -0.05) is 6.08 Å². The van der Waals surface area contributed by atoms with Gasteiger partial charge in [-0.15, -0.1) is 6.58 Å². The van der Waals surface area contributed by atoms with E-state index in [2.05, 4.69) is 30.4 Å². The van der Waals surface area contributed by atoms with Crippen molar-refractivity contribution < 1.29 is 8.42 Å². The molecule has 4 rings (SSSR count). The zero-order valence-electron chi connectivity index (χ0n) is 17.1. The Hall–Kier alpha value is -1.97. The van der Waals surface area contributed by atoms with Gasteiger partial charge in [-0.2, -0.15) is 0 Å². The first-order valence-electron chi connectivity index (χ1n) is 10.3. The molecule has 0 spiro atoms. The highest BCUT2D eigenvalue weighted by atomic mass is 32.2. The maximum atomic E-state index is 13.1. The van der Waals surface area contributed by atoms with Crippen molar-refractivity contribution in [1.29, 1.82) is 0 Å². The standard InChI is InChI=1S/C20H29N5O3S/c1-4-10-29(27,28)24-8-5-6-15(12-24)18-11-19-21-17-7-9-23(14(2)3)13-16(17)20(26)25(19)22-18/h4,11,14-15,22H,1,5-10,12-13H2,2-3H3/t15-/m1/s1. The Morgan fingerprint density at radius 2 is 2.17 bits per heavy atom. The number of hydrogen-bond donors (Lipinski definition) is 1. The molecule has 0 aliphatic carbocycles. The first-order chi connectivity index (χ1) is 13.8. The highest BCUT2D eigenvalue weighted by molar-refractivity contribution is 7.89. The maximum Gasteiger partial charge on any atom is 0.277 e. The van der Waals surface area contributed by atoms with E-state index in [1.54, 1.807) is 0 Å². The number of nitrogens with zero attached hydrogens (tertiary/aromatic N) is 4. The van der Waals surface area contributed by atoms with E-state index in [0.29, 0.717) is 31.3 Å². The molecule has 2 aliphatic heterocycles. The molecule has 2 aromatic rings. The Balaban J connectivity index is 1.65. The lowest BCUT2D eigenvalue weighted by Gasteiger charge is -2.31. The van der Waals surface area contributed by atoms with Crippen LogP contribution < -0.4 is 5.56 Å². The third-order valence-corrected chi connectivity index (χ3v) is 7.86. The van der Waals surface area contributed by atoms with Crippen LogP contribution in [0.3, 0.4) is 0 Å². The van der Waals surface area contributed by atoms with Crippen LogP contribution in [0.25, 0.3) is 5.65 Å². The minimum absolute atomic E-state index is 0.0219. The van der Waals surface area contributed by atoms with Gasteiger partial charge < -0.3 is 0 Å². The summed E-state index contributed by atoms with van der Waals surface area (Å²) in [5.41, 5.74) is 3.09. The largest absolute Gasteiger partial charge is 0.296 e. The first kappa shape index (κ1) is 20.3. The van der Waals surface area contributed by atoms with Crippen LogP contribution in [0.5, 0.6) is 0 Å². The molecular weight excluding hydrogens is 390 g/mol. The van der Waals surface area contributed by atoms with Crippen molar-refractivity contribution in [3.05, 3.63) is 46.0 Å². The Kier molecular flexibility index (Phi) is 5.39. The molecule has 0 saturated carbocycles. The Morgan fingerprint density at radius 1 is 1.38 bits per heavy atom. The minimum atomic E-state index is -3.33. The van der Waals surface area contributed by atoms with Crippen LogP contribution in [0.4, 0.5) is 0 Å². The second-order valence-electron chi connectivity index (χ2n) is 8.33. The normalized spacial score (nSPS) is 21.6. The molecule has 0 unspecified atom stereocenters. The average Bonchev–Trinajstić information content (AvgIpc) is 3.12. The van der Waals surface area contributed by atoms with E-state index >= 15 is 0 Å². The summed E-state index contributed by atoms with van der Waals surface area (Å²) in [5, 5.41) is 3.21. The Bertz CT molecular complexity index is 1090. The van der Waals surface area contributed by atoms with E-state index in [9.17, 15) is 13.2 Å². The highest BCUT2D eigenvalue weighted by Crippen LogP contribution is 2.28. The van der Waals surface area contributed by atoms with Gasteiger partial charge in [0.1, 0.15) is 0 Å². The van der Waals surface area contributed by atoms with Crippen molar-refractivity contribution in [2.45, 2.75) is 51.6 Å². The summed E-state index contributed by atoms with van der Waals surface area (Å²) in [6.45, 7) is 10.3. The topological polar surface area (TPSA) is 90.8 Å². The predicted octanol–water partition coefficient (Wildman–Crippen LogP) is 1.48. The van der Waals surface area contributed by atoms with Crippen molar-refractivity contribution in [3.8, 4) is 0 Å². The van der Waals surface area contributed by atoms with Crippen LogP contribution in [-0.2, 0) is 23.0 Å². The third kappa shape index (κ3) is 3.78. The number of hydrogen-bond acceptors (Lipinski definition) is 5. The summed E-state index contributed by atoms with van der Waals surface area (Å²) >= 11 is 0. The molecule has 1 fully saturated rings. The SMILES string of the molecule is C=CCS(=O)(=O)N1CCC[C@@H](c2cc3nc4c(c(=O)n3[nH]2)CN(C(C)C)CC4)C1. The molecule has 2 aliphatic rings. The molecule has 1 atom stereocenters. The molecule has 158 valence electrons. The lowest BCUT2D eigenvalue weighted by Crippen LogP contribution is -2.40. The van der Waals surface area contributed by atoms with E-state index < -0.39 is 10.0 Å². The number of aromatic amines is 1. The lowest BCUT2D eigenvalue weighted by molar-refractivity contribution is 0.200. The van der Waals surface area contributed by atoms with Crippen molar-refractivity contribution in [2.75, 3.05) is 25.4 Å². The van der Waals surface area contributed by atoms with Gasteiger partial charge >= 0.3 is 0 Å². The van der Waals surface area contributed by atoms with Crippen LogP contribution >= 0.6 is 0 Å². The quantitative estimate of drug-likeness (QED) is 0.742. The van der Waals surface area contributed by atoms with Gasteiger partial charge in [0.15, 0.2) is 5.65 Å². The zero-order valence-corrected chi connectivity index (χ0v) is 17.9. The maximum absolute atomic E-state index is 13.1. The number of rotatable bonds is 5. The van der Waals surface area contributed by atoms with E-state index in [0.717, 1.165) is 42.8 Å². The number of piperidine rings is 1. The minimum Gasteiger partial charge on any atom is -0.296 e. The first-order valence-corrected chi connectivity index (χ1v) is 11.9. The summed E-state index contributed by atoms with van der Waals surface area (Å²) in [5.74, 6) is -0.0272. The predicted molar refractivity (Wildman–Crippen MR) is 113 cm³/mol. The molecule has 8 nitrogen and oxygen atoms in total. The van der Waals surface area contributed by atoms with Crippen LogP contribution in [0.2, 0.25) is 0 Å². The van der Waals surface area contributed by atoms with Crippen molar-refractivity contribution in [1.82, 2.24) is 23.8 Å². The molecule has 0 amide bonds. The van der Waals surface area contributed by atoms with Crippen LogP contribution in [0.1, 0.15) is 49.6 Å². The molecule has 0 bridgehead atoms. The summed E-state index contributed by atoms with van der Waals surface area (Å²) in [4.78, 5) is 20.1. The van der Waals surface area contributed by atoms with Gasteiger partial charge in [0.2, 0.25) is 10.0 Å². The van der Waals surface area contributed by atoms with Crippen LogP contribution in [0, 0.1) is 0 Å². The van der Waals surface area contributed by atoms with Crippen molar-refractivity contribution in [2.24, 2.45) is 0 Å². The van der Waals surface area contributed by atoms with Gasteiger partial charge in [0.25, 0.3) is 5.56 Å². The molecule has 0 aromatic carbocycles. The summed E-state index contributed by atoms with van der Waals surface area (Å²) in [6.07, 6.45) is 3.87. The zero-order chi connectivity index (χ0) is 20.8. The number of sulfonamides is 1. The number of fused-ring (bicyclic) bond motifs is 2. The highest BCUT2D eigenvalue weighted by Gasteiger charge is 2.30. The van der Waals surface area contributed by atoms with Crippen molar-refractivity contribution >= 4 is 15.7 Å². The average molecular weight is 420 g/mol. The Morgan fingerprint density at radius 3 is 2.90 bits per heavy atom.